The normalized spacial score (nSPS) is 31.0. The topological polar surface area (TPSA) is 26.3 Å². The minimum Gasteiger partial charge on any atom is -0.469 e. The van der Waals surface area contributed by atoms with Gasteiger partial charge in [-0.05, 0) is 18.8 Å². The SMILES string of the molecule is COC(=O)[C@@H]1CC[C@@H]1C[Si]. The van der Waals surface area contributed by atoms with Gasteiger partial charge in [0, 0.05) is 10.2 Å². The van der Waals surface area contributed by atoms with Crippen LogP contribution in [0.4, 0.5) is 0 Å². The molecule has 3 radical (unpaired) electrons. The summed E-state index contributed by atoms with van der Waals surface area (Å²) in [6.45, 7) is 0. The first-order valence-electron chi connectivity index (χ1n) is 3.52. The Bertz CT molecular complexity index is 134. The molecule has 0 heterocycles. The number of esters is 1. The molecule has 1 aliphatic rings. The molecule has 0 bridgehead atoms. The molecule has 1 rings (SSSR count). The second-order valence-electron chi connectivity index (χ2n) is 2.67. The lowest BCUT2D eigenvalue weighted by atomic mass is 9.75. The van der Waals surface area contributed by atoms with Gasteiger partial charge in [-0.25, -0.2) is 0 Å². The van der Waals surface area contributed by atoms with Gasteiger partial charge in [-0.15, -0.1) is 0 Å². The molecule has 0 unspecified atom stereocenters. The van der Waals surface area contributed by atoms with Crippen molar-refractivity contribution in [1.82, 2.24) is 0 Å². The van der Waals surface area contributed by atoms with E-state index in [4.69, 9.17) is 0 Å². The first-order chi connectivity index (χ1) is 4.79. The fourth-order valence-corrected chi connectivity index (χ4v) is 1.76. The molecule has 0 N–H and O–H groups in total. The smallest absolute Gasteiger partial charge is 0.308 e. The van der Waals surface area contributed by atoms with Gasteiger partial charge in [0.1, 0.15) is 0 Å². The molecule has 1 fully saturated rings. The molecule has 0 aromatic heterocycles. The van der Waals surface area contributed by atoms with E-state index in [2.05, 4.69) is 15.0 Å². The van der Waals surface area contributed by atoms with Crippen LogP contribution in [0.5, 0.6) is 0 Å². The van der Waals surface area contributed by atoms with Crippen molar-refractivity contribution in [1.29, 1.82) is 0 Å². The zero-order valence-electron chi connectivity index (χ0n) is 6.09. The Kier molecular flexibility index (Phi) is 2.48. The van der Waals surface area contributed by atoms with E-state index in [0.29, 0.717) is 5.92 Å². The van der Waals surface area contributed by atoms with Crippen molar-refractivity contribution in [3.8, 4) is 0 Å². The number of hydrogen-bond donors (Lipinski definition) is 0. The number of ether oxygens (including phenoxy) is 1. The Morgan fingerprint density at radius 1 is 1.70 bits per heavy atom. The van der Waals surface area contributed by atoms with Gasteiger partial charge in [-0.3, -0.25) is 4.79 Å². The fraction of sp³-hybridized carbons (Fsp3) is 0.857. The number of carbonyl (C=O) groups excluding carboxylic acids is 1. The van der Waals surface area contributed by atoms with E-state index in [1.54, 1.807) is 0 Å². The summed E-state index contributed by atoms with van der Waals surface area (Å²) >= 11 is 0. The van der Waals surface area contributed by atoms with Crippen LogP contribution in [0.25, 0.3) is 0 Å². The maximum absolute atomic E-state index is 10.9. The highest BCUT2D eigenvalue weighted by atomic mass is 28.1. The predicted molar refractivity (Wildman–Crippen MR) is 38.8 cm³/mol. The first-order valence-corrected chi connectivity index (χ1v) is 4.22. The highest BCUT2D eigenvalue weighted by Crippen LogP contribution is 2.36. The average molecular weight is 155 g/mol. The van der Waals surface area contributed by atoms with E-state index in [-0.39, 0.29) is 11.9 Å². The van der Waals surface area contributed by atoms with Crippen LogP contribution >= 0.6 is 0 Å². The Hall–Kier alpha value is -0.313. The molecule has 2 atom stereocenters. The molecule has 0 amide bonds. The number of rotatable bonds is 2. The molecule has 1 saturated carbocycles. The van der Waals surface area contributed by atoms with Crippen LogP contribution in [0, 0.1) is 11.8 Å². The summed E-state index contributed by atoms with van der Waals surface area (Å²) in [4.78, 5) is 10.9. The van der Waals surface area contributed by atoms with Gasteiger partial charge in [0.05, 0.1) is 13.0 Å². The van der Waals surface area contributed by atoms with Crippen molar-refractivity contribution in [2.45, 2.75) is 18.9 Å². The molecule has 0 saturated heterocycles. The van der Waals surface area contributed by atoms with Gasteiger partial charge in [-0.2, -0.15) is 0 Å². The highest BCUT2D eigenvalue weighted by molar-refractivity contribution is 6.08. The number of carbonyl (C=O) groups is 1. The van der Waals surface area contributed by atoms with Crippen LogP contribution < -0.4 is 0 Å². The van der Waals surface area contributed by atoms with Crippen LogP contribution in [-0.2, 0) is 9.53 Å². The van der Waals surface area contributed by atoms with Gasteiger partial charge in [0.2, 0.25) is 0 Å². The van der Waals surface area contributed by atoms with Crippen LogP contribution in [-0.4, -0.2) is 23.3 Å². The van der Waals surface area contributed by atoms with E-state index >= 15 is 0 Å². The van der Waals surface area contributed by atoms with E-state index in [1.807, 2.05) is 0 Å². The van der Waals surface area contributed by atoms with Crippen LogP contribution in [0.1, 0.15) is 12.8 Å². The second-order valence-corrected chi connectivity index (χ2v) is 3.08. The Balaban J connectivity index is 2.35. The van der Waals surface area contributed by atoms with E-state index in [1.165, 1.54) is 7.11 Å². The summed E-state index contributed by atoms with van der Waals surface area (Å²) < 4.78 is 4.63. The largest absolute Gasteiger partial charge is 0.469 e. The lowest BCUT2D eigenvalue weighted by Gasteiger charge is -2.33. The summed E-state index contributed by atoms with van der Waals surface area (Å²) in [5, 5.41) is 0. The highest BCUT2D eigenvalue weighted by Gasteiger charge is 2.35. The summed E-state index contributed by atoms with van der Waals surface area (Å²) in [5.74, 6) is 0.640. The minimum absolute atomic E-state index is 0.0468. The molecule has 3 heteroatoms. The van der Waals surface area contributed by atoms with Gasteiger partial charge in [0.25, 0.3) is 0 Å². The standard InChI is InChI=1S/C7H11O2Si/c1-9-7(8)6-3-2-5(6)4-10/h5-6H,2-4H2,1H3/t5-,6-/m1/s1. The van der Waals surface area contributed by atoms with Gasteiger partial charge in [-0.1, -0.05) is 6.04 Å². The number of methoxy groups -OCH3 is 1. The maximum Gasteiger partial charge on any atom is 0.308 e. The second kappa shape index (κ2) is 3.19. The van der Waals surface area contributed by atoms with Gasteiger partial charge < -0.3 is 4.74 Å². The van der Waals surface area contributed by atoms with Crippen molar-refractivity contribution < 1.29 is 9.53 Å². The zero-order chi connectivity index (χ0) is 7.56. The summed E-state index contributed by atoms with van der Waals surface area (Å²) in [6, 6.07) is 0.916. The molecule has 2 nitrogen and oxygen atoms in total. The summed E-state index contributed by atoms with van der Waals surface area (Å²) in [6.07, 6.45) is 2.16. The van der Waals surface area contributed by atoms with Crippen molar-refractivity contribution in [2.75, 3.05) is 7.11 Å². The number of hydrogen-bond acceptors (Lipinski definition) is 2. The molecule has 0 aliphatic heterocycles. The van der Waals surface area contributed by atoms with E-state index in [0.717, 1.165) is 18.9 Å². The molecule has 0 spiro atoms. The molecule has 1 aliphatic carbocycles. The van der Waals surface area contributed by atoms with Gasteiger partial charge >= 0.3 is 5.97 Å². The molecular weight excluding hydrogens is 144 g/mol. The third kappa shape index (κ3) is 1.23. The van der Waals surface area contributed by atoms with Crippen LogP contribution in [0.2, 0.25) is 6.04 Å². The Morgan fingerprint density at radius 3 is 2.70 bits per heavy atom. The molecule has 55 valence electrons. The lowest BCUT2D eigenvalue weighted by Crippen LogP contribution is -2.33. The molecule has 0 aromatic rings. The Morgan fingerprint density at radius 2 is 2.40 bits per heavy atom. The third-order valence-electron chi connectivity index (χ3n) is 2.18. The fourth-order valence-electron chi connectivity index (χ4n) is 1.28. The van der Waals surface area contributed by atoms with Crippen LogP contribution in [0.3, 0.4) is 0 Å². The molecule has 10 heavy (non-hydrogen) atoms. The van der Waals surface area contributed by atoms with Crippen molar-refractivity contribution >= 4 is 16.2 Å². The summed E-state index contributed by atoms with van der Waals surface area (Å²) in [7, 11) is 4.85. The molecular formula is C7H11O2Si. The van der Waals surface area contributed by atoms with Crippen molar-refractivity contribution in [2.24, 2.45) is 11.8 Å². The minimum atomic E-state index is -0.0468. The average Bonchev–Trinajstić information content (AvgIpc) is 1.86. The zero-order valence-corrected chi connectivity index (χ0v) is 7.09. The van der Waals surface area contributed by atoms with Crippen LogP contribution in [0.15, 0.2) is 0 Å². The van der Waals surface area contributed by atoms with E-state index in [9.17, 15) is 4.79 Å². The maximum atomic E-state index is 10.9. The summed E-state index contributed by atoms with van der Waals surface area (Å²) in [5.41, 5.74) is 0. The first kappa shape index (κ1) is 7.79. The monoisotopic (exact) mass is 155 g/mol. The van der Waals surface area contributed by atoms with Crippen molar-refractivity contribution in [3.05, 3.63) is 0 Å². The van der Waals surface area contributed by atoms with E-state index < -0.39 is 0 Å². The third-order valence-corrected chi connectivity index (χ3v) is 2.71. The Labute approximate surface area is 64.4 Å². The van der Waals surface area contributed by atoms with Gasteiger partial charge in [0.15, 0.2) is 0 Å². The van der Waals surface area contributed by atoms with Crippen molar-refractivity contribution in [3.63, 3.8) is 0 Å². The predicted octanol–water partition coefficient (Wildman–Crippen LogP) is 0.772. The lowest BCUT2D eigenvalue weighted by molar-refractivity contribution is -0.151. The quantitative estimate of drug-likeness (QED) is 0.435. The molecule has 0 aromatic carbocycles.